The average molecular weight is 417 g/mol. The highest BCUT2D eigenvalue weighted by Crippen LogP contribution is 2.31. The second-order valence-corrected chi connectivity index (χ2v) is 6.84. The minimum Gasteiger partial charge on any atom is -0.361 e. The highest BCUT2D eigenvalue weighted by atomic mass is 19.4. The third-order valence-electron chi connectivity index (χ3n) is 4.69. The summed E-state index contributed by atoms with van der Waals surface area (Å²) in [6.07, 6.45) is -2.03. The van der Waals surface area contributed by atoms with Gasteiger partial charge in [-0.2, -0.15) is 18.4 Å². The number of nitrogens with zero attached hydrogens (tertiary/aromatic N) is 3. The lowest BCUT2D eigenvalue weighted by Crippen LogP contribution is -2.27. The number of amides is 1. The van der Waals surface area contributed by atoms with E-state index < -0.39 is 29.7 Å². The number of hydrogen-bond donors (Lipinski definition) is 2. The summed E-state index contributed by atoms with van der Waals surface area (Å²) in [5.41, 5.74) is 1.07. The molecule has 0 saturated carbocycles. The first-order valence-corrected chi connectivity index (χ1v) is 8.96. The van der Waals surface area contributed by atoms with E-state index in [2.05, 4.69) is 26.5 Å². The van der Waals surface area contributed by atoms with Gasteiger partial charge < -0.3 is 14.8 Å². The number of carbonyl (C=O) groups is 1. The third-order valence-corrected chi connectivity index (χ3v) is 4.69. The molecule has 3 aromatic rings. The van der Waals surface area contributed by atoms with Gasteiger partial charge in [0.25, 0.3) is 5.91 Å². The summed E-state index contributed by atoms with van der Waals surface area (Å²) in [6, 6.07) is 5.40. The monoisotopic (exact) mass is 417 g/mol. The molecule has 0 aliphatic rings. The van der Waals surface area contributed by atoms with Crippen molar-refractivity contribution in [3.05, 3.63) is 70.1 Å². The van der Waals surface area contributed by atoms with Gasteiger partial charge in [-0.1, -0.05) is 11.2 Å². The van der Waals surface area contributed by atoms with Crippen molar-refractivity contribution in [1.29, 1.82) is 5.26 Å². The van der Waals surface area contributed by atoms with Gasteiger partial charge in [-0.3, -0.25) is 9.78 Å². The topological polar surface area (TPSA) is 108 Å². The molecule has 0 spiro atoms. The van der Waals surface area contributed by atoms with Crippen molar-refractivity contribution in [2.24, 2.45) is 0 Å². The first-order chi connectivity index (χ1) is 14.1. The summed E-state index contributed by atoms with van der Waals surface area (Å²) in [5.74, 6) is -0.672. The number of carbonyl (C=O) groups excluding carboxylic acids is 1. The molecule has 0 fully saturated rings. The molecule has 10 heteroatoms. The number of pyridine rings is 1. The number of aromatic amines is 1. The predicted octanol–water partition coefficient (Wildman–Crippen LogP) is 4.18. The van der Waals surface area contributed by atoms with Crippen molar-refractivity contribution in [2.45, 2.75) is 38.9 Å². The van der Waals surface area contributed by atoms with E-state index in [9.17, 15) is 23.2 Å². The summed E-state index contributed by atoms with van der Waals surface area (Å²) in [7, 11) is 0. The van der Waals surface area contributed by atoms with E-state index in [-0.39, 0.29) is 5.69 Å². The second-order valence-electron chi connectivity index (χ2n) is 6.84. The fourth-order valence-corrected chi connectivity index (χ4v) is 3.05. The van der Waals surface area contributed by atoms with E-state index in [0.717, 1.165) is 12.3 Å². The van der Waals surface area contributed by atoms with Gasteiger partial charge in [-0.15, -0.1) is 0 Å². The zero-order chi connectivity index (χ0) is 22.1. The molecule has 30 heavy (non-hydrogen) atoms. The minimum atomic E-state index is -4.56. The number of alkyl halides is 3. The maximum Gasteiger partial charge on any atom is 0.433 e. The van der Waals surface area contributed by atoms with Crippen LogP contribution >= 0.6 is 0 Å². The normalized spacial score (nSPS) is 13.5. The Morgan fingerprint density at radius 1 is 1.33 bits per heavy atom. The Hall–Kier alpha value is -3.61. The Kier molecular flexibility index (Phi) is 5.64. The molecule has 0 saturated heterocycles. The Labute approximate surface area is 169 Å². The Balaban J connectivity index is 1.82. The van der Waals surface area contributed by atoms with Gasteiger partial charge in [-0.05, 0) is 43.5 Å². The van der Waals surface area contributed by atoms with Crippen molar-refractivity contribution in [2.75, 3.05) is 0 Å². The number of aromatic nitrogens is 3. The Morgan fingerprint density at radius 2 is 2.07 bits per heavy atom. The van der Waals surface area contributed by atoms with Crippen LogP contribution < -0.4 is 5.32 Å². The molecule has 0 aliphatic heterocycles. The van der Waals surface area contributed by atoms with Crippen LogP contribution in [-0.2, 0) is 6.18 Å². The van der Waals surface area contributed by atoms with Crippen LogP contribution in [0.1, 0.15) is 63.2 Å². The molecule has 7 nitrogen and oxygen atoms in total. The molecule has 2 unspecified atom stereocenters. The summed E-state index contributed by atoms with van der Waals surface area (Å²) in [5, 5.41) is 16.3. The van der Waals surface area contributed by atoms with Crippen molar-refractivity contribution in [3.63, 3.8) is 0 Å². The minimum absolute atomic E-state index is 0.247. The second kappa shape index (κ2) is 8.02. The van der Waals surface area contributed by atoms with Crippen LogP contribution in [0.25, 0.3) is 0 Å². The molecule has 2 N–H and O–H groups in total. The lowest BCUT2D eigenvalue weighted by molar-refractivity contribution is -0.141. The molecule has 1 amide bonds. The third kappa shape index (κ3) is 4.20. The maximum atomic E-state index is 12.7. The first-order valence-electron chi connectivity index (χ1n) is 8.96. The number of nitrogens with one attached hydrogen (secondary N) is 2. The van der Waals surface area contributed by atoms with Crippen molar-refractivity contribution >= 4 is 5.91 Å². The lowest BCUT2D eigenvalue weighted by Gasteiger charge is -2.12. The molecule has 0 radical (unpaired) electrons. The van der Waals surface area contributed by atoms with Gasteiger partial charge in [0.15, 0.2) is 0 Å². The van der Waals surface area contributed by atoms with Gasteiger partial charge in [0.05, 0.1) is 18.0 Å². The maximum absolute atomic E-state index is 12.7. The Morgan fingerprint density at radius 3 is 2.60 bits per heavy atom. The quantitative estimate of drug-likeness (QED) is 0.648. The summed E-state index contributed by atoms with van der Waals surface area (Å²) >= 11 is 0. The van der Waals surface area contributed by atoms with Gasteiger partial charge in [0, 0.05) is 18.5 Å². The molecule has 2 atom stereocenters. The summed E-state index contributed by atoms with van der Waals surface area (Å²) < 4.78 is 43.2. The number of rotatable bonds is 5. The summed E-state index contributed by atoms with van der Waals surface area (Å²) in [6.45, 7) is 5.15. The van der Waals surface area contributed by atoms with Crippen LogP contribution in [0.4, 0.5) is 13.2 Å². The van der Waals surface area contributed by atoms with Crippen molar-refractivity contribution < 1.29 is 22.5 Å². The van der Waals surface area contributed by atoms with E-state index in [1.807, 2.05) is 0 Å². The smallest absolute Gasteiger partial charge is 0.361 e. The molecular formula is C20H18F3N5O2. The van der Waals surface area contributed by atoms with Crippen LogP contribution in [0.2, 0.25) is 0 Å². The van der Waals surface area contributed by atoms with E-state index >= 15 is 0 Å². The SMILES string of the molecule is Cc1cc(C(C)NC(=O)c2[nH]cc(C(C#N)c3ccc(C(F)(F)F)nc3)c2C)no1. The summed E-state index contributed by atoms with van der Waals surface area (Å²) in [4.78, 5) is 18.9. The van der Waals surface area contributed by atoms with Crippen molar-refractivity contribution in [3.8, 4) is 6.07 Å². The van der Waals surface area contributed by atoms with Crippen LogP contribution in [0.3, 0.4) is 0 Å². The van der Waals surface area contributed by atoms with Gasteiger partial charge in [0.2, 0.25) is 0 Å². The van der Waals surface area contributed by atoms with Gasteiger partial charge in [-0.25, -0.2) is 0 Å². The van der Waals surface area contributed by atoms with Crippen LogP contribution in [-0.4, -0.2) is 21.0 Å². The molecule has 3 rings (SSSR count). The lowest BCUT2D eigenvalue weighted by atomic mass is 9.92. The molecule has 0 aliphatic carbocycles. The zero-order valence-electron chi connectivity index (χ0n) is 16.3. The van der Waals surface area contributed by atoms with E-state index in [1.165, 1.54) is 12.3 Å². The molecule has 3 heterocycles. The average Bonchev–Trinajstić information content (AvgIpc) is 3.28. The van der Waals surface area contributed by atoms with Gasteiger partial charge in [0.1, 0.15) is 22.8 Å². The fraction of sp³-hybridized carbons (Fsp3) is 0.300. The molecule has 0 aromatic carbocycles. The van der Waals surface area contributed by atoms with Gasteiger partial charge >= 0.3 is 6.18 Å². The Bertz CT molecular complexity index is 1090. The molecule has 0 bridgehead atoms. The van der Waals surface area contributed by atoms with Crippen LogP contribution in [0.15, 0.2) is 35.1 Å². The molecule has 3 aromatic heterocycles. The molecular weight excluding hydrogens is 399 g/mol. The van der Waals surface area contributed by atoms with Crippen LogP contribution in [0.5, 0.6) is 0 Å². The molecule has 156 valence electrons. The number of H-pyrrole nitrogens is 1. The van der Waals surface area contributed by atoms with E-state index in [4.69, 9.17) is 4.52 Å². The number of halogens is 3. The number of hydrogen-bond acceptors (Lipinski definition) is 5. The predicted molar refractivity (Wildman–Crippen MR) is 99.3 cm³/mol. The fourth-order valence-electron chi connectivity index (χ4n) is 3.05. The first kappa shape index (κ1) is 21.1. The van der Waals surface area contributed by atoms with Crippen LogP contribution in [0, 0.1) is 25.2 Å². The van der Waals surface area contributed by atoms with E-state index in [0.29, 0.717) is 28.1 Å². The zero-order valence-corrected chi connectivity index (χ0v) is 16.3. The van der Waals surface area contributed by atoms with Crippen molar-refractivity contribution in [1.82, 2.24) is 20.4 Å². The van der Waals surface area contributed by atoms with E-state index in [1.54, 1.807) is 26.8 Å². The number of aryl methyl sites for hydroxylation is 1. The highest BCUT2D eigenvalue weighted by molar-refractivity contribution is 5.94. The number of nitriles is 1. The largest absolute Gasteiger partial charge is 0.433 e. The standard InChI is InChI=1S/C20H18F3N5O2/c1-10-6-16(28-30-10)12(3)27-19(29)18-11(2)15(9-26-18)14(7-24)13-4-5-17(25-8-13)20(21,22)23/h4-6,8-9,12,14,26H,1-3H3,(H,27,29). The highest BCUT2D eigenvalue weighted by Gasteiger charge is 2.32.